The topological polar surface area (TPSA) is 29.1 Å². The number of thiol groups is 2. The lowest BCUT2D eigenvalue weighted by molar-refractivity contribution is 0.102. The number of benzene rings is 2. The lowest BCUT2D eigenvalue weighted by Gasteiger charge is -2.08. The van der Waals surface area contributed by atoms with Crippen LogP contribution in [0.25, 0.3) is 0 Å². The highest BCUT2D eigenvalue weighted by Gasteiger charge is 2.09. The number of nitrogens with one attached hydrogen (secondary N) is 1. The van der Waals surface area contributed by atoms with Gasteiger partial charge < -0.3 is 5.32 Å². The summed E-state index contributed by atoms with van der Waals surface area (Å²) in [5.74, 6) is -0.183. The van der Waals surface area contributed by atoms with Gasteiger partial charge in [0.1, 0.15) is 0 Å². The summed E-state index contributed by atoms with van der Waals surface area (Å²) in [5.41, 5.74) is 1.24. The molecule has 0 saturated carbocycles. The van der Waals surface area contributed by atoms with Gasteiger partial charge in [0.15, 0.2) is 0 Å². The van der Waals surface area contributed by atoms with Crippen LogP contribution in [-0.4, -0.2) is 5.91 Å². The zero-order valence-electron chi connectivity index (χ0n) is 8.92. The van der Waals surface area contributed by atoms with Crippen molar-refractivity contribution in [2.45, 2.75) is 9.79 Å². The van der Waals surface area contributed by atoms with Gasteiger partial charge in [0, 0.05) is 9.79 Å². The quantitative estimate of drug-likeness (QED) is 0.709. The first-order chi connectivity index (χ1) is 8.18. The van der Waals surface area contributed by atoms with Crippen LogP contribution in [0, 0.1) is 0 Å². The first-order valence-corrected chi connectivity index (χ1v) is 5.95. The molecule has 2 aromatic carbocycles. The van der Waals surface area contributed by atoms with E-state index in [-0.39, 0.29) is 5.91 Å². The van der Waals surface area contributed by atoms with Gasteiger partial charge in [0.05, 0.1) is 11.3 Å². The van der Waals surface area contributed by atoms with Crippen molar-refractivity contribution in [1.29, 1.82) is 0 Å². The second kappa shape index (κ2) is 5.29. The van der Waals surface area contributed by atoms with Gasteiger partial charge >= 0.3 is 0 Å². The molecular formula is C13H11NOS2. The standard InChI is InChI=1S/C13H11NOS2/c15-13(9-5-1-3-7-11(9)16)14-10-6-2-4-8-12(10)17/h1-8,16-17H,(H,14,15). The van der Waals surface area contributed by atoms with Crippen molar-refractivity contribution in [1.82, 2.24) is 0 Å². The Hall–Kier alpha value is -1.39. The van der Waals surface area contributed by atoms with Gasteiger partial charge in [-0.3, -0.25) is 4.79 Å². The zero-order valence-corrected chi connectivity index (χ0v) is 10.7. The van der Waals surface area contributed by atoms with Crippen LogP contribution in [0.2, 0.25) is 0 Å². The van der Waals surface area contributed by atoms with Gasteiger partial charge in [-0.2, -0.15) is 0 Å². The van der Waals surface area contributed by atoms with Crippen LogP contribution in [0.3, 0.4) is 0 Å². The maximum atomic E-state index is 12.0. The van der Waals surface area contributed by atoms with Crippen LogP contribution in [-0.2, 0) is 0 Å². The SMILES string of the molecule is O=C(Nc1ccccc1S)c1ccccc1S. The summed E-state index contributed by atoms with van der Waals surface area (Å²) in [6.07, 6.45) is 0. The molecule has 0 aliphatic heterocycles. The van der Waals surface area contributed by atoms with E-state index in [1.165, 1.54) is 0 Å². The first kappa shape index (κ1) is 12.1. The number of rotatable bonds is 2. The van der Waals surface area contributed by atoms with Crippen LogP contribution in [0.15, 0.2) is 58.3 Å². The Morgan fingerprint density at radius 1 is 0.882 bits per heavy atom. The predicted molar refractivity (Wildman–Crippen MR) is 75.3 cm³/mol. The molecule has 2 aromatic rings. The highest BCUT2D eigenvalue weighted by molar-refractivity contribution is 7.80. The molecule has 0 heterocycles. The third kappa shape index (κ3) is 2.84. The van der Waals surface area contributed by atoms with E-state index in [9.17, 15) is 4.79 Å². The van der Waals surface area contributed by atoms with Crippen LogP contribution in [0.1, 0.15) is 10.4 Å². The van der Waals surface area contributed by atoms with Gasteiger partial charge in [-0.1, -0.05) is 24.3 Å². The second-order valence-electron chi connectivity index (χ2n) is 3.49. The fourth-order valence-electron chi connectivity index (χ4n) is 1.43. The monoisotopic (exact) mass is 261 g/mol. The molecule has 0 spiro atoms. The van der Waals surface area contributed by atoms with E-state index < -0.39 is 0 Å². The van der Waals surface area contributed by atoms with Crippen molar-refractivity contribution < 1.29 is 4.79 Å². The van der Waals surface area contributed by atoms with Gasteiger partial charge in [-0.25, -0.2) is 0 Å². The van der Waals surface area contributed by atoms with Gasteiger partial charge in [0.25, 0.3) is 5.91 Å². The smallest absolute Gasteiger partial charge is 0.256 e. The summed E-state index contributed by atoms with van der Waals surface area (Å²) in [4.78, 5) is 13.4. The van der Waals surface area contributed by atoms with Crippen molar-refractivity contribution >= 4 is 36.9 Å². The number of para-hydroxylation sites is 1. The summed E-state index contributed by atoms with van der Waals surface area (Å²) >= 11 is 8.53. The molecule has 1 amide bonds. The van der Waals surface area contributed by atoms with Crippen molar-refractivity contribution in [3.8, 4) is 0 Å². The summed E-state index contributed by atoms with van der Waals surface area (Å²) in [7, 11) is 0. The third-order valence-electron chi connectivity index (χ3n) is 2.30. The molecule has 0 radical (unpaired) electrons. The minimum atomic E-state index is -0.183. The third-order valence-corrected chi connectivity index (χ3v) is 3.08. The molecule has 0 atom stereocenters. The van der Waals surface area contributed by atoms with E-state index in [0.717, 1.165) is 4.90 Å². The fourth-order valence-corrected chi connectivity index (χ4v) is 1.91. The van der Waals surface area contributed by atoms with E-state index >= 15 is 0 Å². The summed E-state index contributed by atoms with van der Waals surface area (Å²) in [5, 5.41) is 2.80. The molecule has 2 rings (SSSR count). The first-order valence-electron chi connectivity index (χ1n) is 5.06. The Morgan fingerprint density at radius 2 is 1.47 bits per heavy atom. The Balaban J connectivity index is 2.24. The maximum Gasteiger partial charge on any atom is 0.256 e. The van der Waals surface area contributed by atoms with E-state index in [1.807, 2.05) is 24.3 Å². The van der Waals surface area contributed by atoms with E-state index in [2.05, 4.69) is 30.6 Å². The Labute approximate surface area is 111 Å². The Kier molecular flexibility index (Phi) is 3.76. The molecule has 1 N–H and O–H groups in total. The normalized spacial score (nSPS) is 10.0. The molecule has 86 valence electrons. The Bertz CT molecular complexity index is 555. The highest BCUT2D eigenvalue weighted by Crippen LogP contribution is 2.21. The lowest BCUT2D eigenvalue weighted by atomic mass is 10.2. The van der Waals surface area contributed by atoms with Crippen molar-refractivity contribution in [3.05, 3.63) is 54.1 Å². The van der Waals surface area contributed by atoms with Crippen molar-refractivity contribution in [2.75, 3.05) is 5.32 Å². The highest BCUT2D eigenvalue weighted by atomic mass is 32.1. The van der Waals surface area contributed by atoms with Gasteiger partial charge in [-0.05, 0) is 24.3 Å². The molecular weight excluding hydrogens is 250 g/mol. The molecule has 2 nitrogen and oxygen atoms in total. The van der Waals surface area contributed by atoms with E-state index in [0.29, 0.717) is 16.1 Å². The number of amides is 1. The molecule has 0 aromatic heterocycles. The van der Waals surface area contributed by atoms with Crippen LogP contribution in [0.5, 0.6) is 0 Å². The number of anilines is 1. The van der Waals surface area contributed by atoms with Crippen LogP contribution >= 0.6 is 25.3 Å². The minimum Gasteiger partial charge on any atom is -0.321 e. The average Bonchev–Trinajstić information content (AvgIpc) is 2.32. The summed E-state index contributed by atoms with van der Waals surface area (Å²) in [6.45, 7) is 0. The predicted octanol–water partition coefficient (Wildman–Crippen LogP) is 3.52. The molecule has 0 aliphatic rings. The van der Waals surface area contributed by atoms with Crippen LogP contribution in [0.4, 0.5) is 5.69 Å². The number of hydrogen-bond acceptors (Lipinski definition) is 3. The molecule has 0 aliphatic carbocycles. The Morgan fingerprint density at radius 3 is 2.12 bits per heavy atom. The zero-order chi connectivity index (χ0) is 12.3. The van der Waals surface area contributed by atoms with E-state index in [1.54, 1.807) is 24.3 Å². The molecule has 0 fully saturated rings. The lowest BCUT2D eigenvalue weighted by Crippen LogP contribution is -2.12. The number of hydrogen-bond donors (Lipinski definition) is 3. The minimum absolute atomic E-state index is 0.183. The van der Waals surface area contributed by atoms with Crippen LogP contribution < -0.4 is 5.32 Å². The number of carbonyl (C=O) groups is 1. The van der Waals surface area contributed by atoms with Crippen molar-refractivity contribution in [3.63, 3.8) is 0 Å². The van der Waals surface area contributed by atoms with Crippen molar-refractivity contribution in [2.24, 2.45) is 0 Å². The number of carbonyl (C=O) groups excluding carboxylic acids is 1. The molecule has 0 unspecified atom stereocenters. The average molecular weight is 261 g/mol. The van der Waals surface area contributed by atoms with Gasteiger partial charge in [0.2, 0.25) is 0 Å². The molecule has 17 heavy (non-hydrogen) atoms. The fraction of sp³-hybridized carbons (Fsp3) is 0. The largest absolute Gasteiger partial charge is 0.321 e. The summed E-state index contributed by atoms with van der Waals surface area (Å²) < 4.78 is 0. The van der Waals surface area contributed by atoms with E-state index in [4.69, 9.17) is 0 Å². The molecule has 4 heteroatoms. The summed E-state index contributed by atoms with van der Waals surface area (Å²) in [6, 6.07) is 14.5. The molecule has 0 saturated heterocycles. The second-order valence-corrected chi connectivity index (χ2v) is 4.45. The van der Waals surface area contributed by atoms with Gasteiger partial charge in [-0.15, -0.1) is 25.3 Å². The maximum absolute atomic E-state index is 12.0. The molecule has 0 bridgehead atoms.